The lowest BCUT2D eigenvalue weighted by molar-refractivity contribution is 0.466. The zero-order valence-electron chi connectivity index (χ0n) is 6.79. The summed E-state index contributed by atoms with van der Waals surface area (Å²) in [4.78, 5) is 10.2. The average molecular weight is 154 g/mol. The maximum absolute atomic E-state index is 10.2. The summed E-state index contributed by atoms with van der Waals surface area (Å²) in [7, 11) is 1.92. The van der Waals surface area contributed by atoms with Crippen molar-refractivity contribution in [2.24, 2.45) is 11.1 Å². The van der Waals surface area contributed by atoms with E-state index >= 15 is 0 Å². The molecule has 2 unspecified atom stereocenters. The van der Waals surface area contributed by atoms with E-state index in [0.29, 0.717) is 5.92 Å². The molecule has 1 N–H and O–H groups in total. The summed E-state index contributed by atoms with van der Waals surface area (Å²) in [5.41, 5.74) is 0. The van der Waals surface area contributed by atoms with Gasteiger partial charge < -0.3 is 5.32 Å². The van der Waals surface area contributed by atoms with E-state index in [1.54, 1.807) is 0 Å². The first-order valence-corrected chi connectivity index (χ1v) is 4.00. The van der Waals surface area contributed by atoms with Crippen LogP contribution in [0, 0.1) is 10.8 Å². The normalized spacial score (nSPS) is 30.3. The van der Waals surface area contributed by atoms with Crippen molar-refractivity contribution >= 4 is 0 Å². The van der Waals surface area contributed by atoms with Crippen LogP contribution < -0.4 is 5.32 Å². The quantitative estimate of drug-likeness (QED) is 0.492. The van der Waals surface area contributed by atoms with E-state index in [4.69, 9.17) is 0 Å². The molecule has 0 fully saturated rings. The van der Waals surface area contributed by atoms with E-state index in [1.807, 2.05) is 7.05 Å². The van der Waals surface area contributed by atoms with Crippen molar-refractivity contribution in [3.63, 3.8) is 0 Å². The van der Waals surface area contributed by atoms with Crippen LogP contribution in [0.25, 0.3) is 0 Å². The van der Waals surface area contributed by atoms with Crippen molar-refractivity contribution in [2.45, 2.75) is 18.9 Å². The fourth-order valence-corrected chi connectivity index (χ4v) is 1.45. The molecule has 1 aliphatic carbocycles. The largest absolute Gasteiger partial charge is 0.319 e. The summed E-state index contributed by atoms with van der Waals surface area (Å²) >= 11 is 0. The van der Waals surface area contributed by atoms with Gasteiger partial charge in [-0.2, -0.15) is 4.91 Å². The molecule has 0 heterocycles. The maximum atomic E-state index is 10.2. The SMILES string of the molecule is CNCC1C=CCC(N=O)C1. The van der Waals surface area contributed by atoms with E-state index in [1.165, 1.54) is 0 Å². The molecule has 0 aromatic rings. The minimum absolute atomic E-state index is 0.0124. The predicted molar refractivity (Wildman–Crippen MR) is 45.4 cm³/mol. The van der Waals surface area contributed by atoms with Gasteiger partial charge in [0.25, 0.3) is 0 Å². The van der Waals surface area contributed by atoms with Gasteiger partial charge in [0, 0.05) is 6.54 Å². The number of hydrogen-bond donors (Lipinski definition) is 1. The Kier molecular flexibility index (Phi) is 3.23. The van der Waals surface area contributed by atoms with Gasteiger partial charge in [0.1, 0.15) is 0 Å². The van der Waals surface area contributed by atoms with Gasteiger partial charge in [-0.3, -0.25) is 0 Å². The minimum Gasteiger partial charge on any atom is -0.319 e. The lowest BCUT2D eigenvalue weighted by Gasteiger charge is -2.18. The monoisotopic (exact) mass is 154 g/mol. The molecule has 1 rings (SSSR count). The third-order valence-corrected chi connectivity index (χ3v) is 2.01. The molecule has 0 aromatic carbocycles. The van der Waals surface area contributed by atoms with Crippen LogP contribution in [-0.2, 0) is 0 Å². The number of nitroso groups, excluding NO2 is 1. The van der Waals surface area contributed by atoms with Gasteiger partial charge in [-0.15, -0.1) is 0 Å². The van der Waals surface area contributed by atoms with Crippen molar-refractivity contribution in [2.75, 3.05) is 13.6 Å². The number of rotatable bonds is 3. The Morgan fingerprint density at radius 1 is 1.73 bits per heavy atom. The van der Waals surface area contributed by atoms with E-state index in [0.717, 1.165) is 19.4 Å². The molecular weight excluding hydrogens is 140 g/mol. The van der Waals surface area contributed by atoms with Gasteiger partial charge in [-0.05, 0) is 25.8 Å². The Hall–Kier alpha value is -0.700. The standard InChI is InChI=1S/C8H14N2O/c1-9-6-7-3-2-4-8(5-7)10-11/h2-3,7-9H,4-6H2,1H3. The molecular formula is C8H14N2O. The Labute approximate surface area is 66.8 Å². The van der Waals surface area contributed by atoms with Crippen LogP contribution in [-0.4, -0.2) is 19.6 Å². The van der Waals surface area contributed by atoms with Crippen LogP contribution in [0.3, 0.4) is 0 Å². The van der Waals surface area contributed by atoms with Crippen LogP contribution in [0.5, 0.6) is 0 Å². The van der Waals surface area contributed by atoms with Crippen molar-refractivity contribution in [1.82, 2.24) is 5.32 Å². The summed E-state index contributed by atoms with van der Waals surface area (Å²) in [6.07, 6.45) is 5.94. The fraction of sp³-hybridized carbons (Fsp3) is 0.750. The zero-order chi connectivity index (χ0) is 8.10. The van der Waals surface area contributed by atoms with Crippen LogP contribution in [0.2, 0.25) is 0 Å². The van der Waals surface area contributed by atoms with Crippen LogP contribution in [0.4, 0.5) is 0 Å². The van der Waals surface area contributed by atoms with Gasteiger partial charge in [0.2, 0.25) is 0 Å². The highest BCUT2D eigenvalue weighted by atomic mass is 16.3. The zero-order valence-corrected chi connectivity index (χ0v) is 6.79. The molecule has 0 radical (unpaired) electrons. The van der Waals surface area contributed by atoms with Crippen LogP contribution >= 0.6 is 0 Å². The highest BCUT2D eigenvalue weighted by molar-refractivity contribution is 4.99. The summed E-state index contributed by atoms with van der Waals surface area (Å²) in [5.74, 6) is 0.497. The highest BCUT2D eigenvalue weighted by Gasteiger charge is 2.16. The second kappa shape index (κ2) is 4.23. The van der Waals surface area contributed by atoms with Gasteiger partial charge in [-0.25, -0.2) is 0 Å². The molecule has 3 nitrogen and oxygen atoms in total. The first-order chi connectivity index (χ1) is 5.36. The topological polar surface area (TPSA) is 41.5 Å². The van der Waals surface area contributed by atoms with Crippen molar-refractivity contribution in [3.05, 3.63) is 17.1 Å². The van der Waals surface area contributed by atoms with E-state index in [-0.39, 0.29) is 6.04 Å². The average Bonchev–Trinajstić information content (AvgIpc) is 2.06. The molecule has 3 heteroatoms. The Morgan fingerprint density at radius 2 is 2.55 bits per heavy atom. The molecule has 0 amide bonds. The molecule has 62 valence electrons. The summed E-state index contributed by atoms with van der Waals surface area (Å²) in [6, 6.07) is 0.0124. The third-order valence-electron chi connectivity index (χ3n) is 2.01. The molecule has 0 bridgehead atoms. The lowest BCUT2D eigenvalue weighted by atomic mass is 9.92. The first-order valence-electron chi connectivity index (χ1n) is 4.00. The second-order valence-electron chi connectivity index (χ2n) is 2.98. The molecule has 11 heavy (non-hydrogen) atoms. The molecule has 1 aliphatic rings. The summed E-state index contributed by atoms with van der Waals surface area (Å²) in [5, 5.41) is 6.14. The molecule has 0 aliphatic heterocycles. The smallest absolute Gasteiger partial charge is 0.0960 e. The first kappa shape index (κ1) is 8.40. The number of hydrogen-bond acceptors (Lipinski definition) is 3. The van der Waals surface area contributed by atoms with Gasteiger partial charge >= 0.3 is 0 Å². The third kappa shape index (κ3) is 2.42. The predicted octanol–water partition coefficient (Wildman–Crippen LogP) is 1.31. The van der Waals surface area contributed by atoms with Crippen molar-refractivity contribution in [3.8, 4) is 0 Å². The molecule has 2 atom stereocenters. The van der Waals surface area contributed by atoms with Gasteiger partial charge in [0.15, 0.2) is 0 Å². The Morgan fingerprint density at radius 3 is 3.18 bits per heavy atom. The number of nitrogens with one attached hydrogen (secondary N) is 1. The fourth-order valence-electron chi connectivity index (χ4n) is 1.45. The van der Waals surface area contributed by atoms with Crippen molar-refractivity contribution < 1.29 is 0 Å². The summed E-state index contributed by atoms with van der Waals surface area (Å²) in [6.45, 7) is 0.947. The van der Waals surface area contributed by atoms with Gasteiger partial charge in [0.05, 0.1) is 6.04 Å². The van der Waals surface area contributed by atoms with Crippen molar-refractivity contribution in [1.29, 1.82) is 0 Å². The molecule has 0 saturated heterocycles. The molecule has 0 spiro atoms. The van der Waals surface area contributed by atoms with Crippen LogP contribution in [0.1, 0.15) is 12.8 Å². The van der Waals surface area contributed by atoms with Crippen LogP contribution in [0.15, 0.2) is 17.3 Å². The minimum atomic E-state index is 0.0124. The molecule has 0 aromatic heterocycles. The van der Waals surface area contributed by atoms with Gasteiger partial charge in [-0.1, -0.05) is 17.3 Å². The van der Waals surface area contributed by atoms with E-state index < -0.39 is 0 Å². The molecule has 0 saturated carbocycles. The summed E-state index contributed by atoms with van der Waals surface area (Å²) < 4.78 is 0. The Bertz CT molecular complexity index is 156. The van der Waals surface area contributed by atoms with E-state index in [9.17, 15) is 4.91 Å². The second-order valence-corrected chi connectivity index (χ2v) is 2.98. The Balaban J connectivity index is 2.38. The number of nitrogens with zero attached hydrogens (tertiary/aromatic N) is 1. The van der Waals surface area contributed by atoms with E-state index in [2.05, 4.69) is 22.6 Å². The highest BCUT2D eigenvalue weighted by Crippen LogP contribution is 2.19. The maximum Gasteiger partial charge on any atom is 0.0960 e. The lowest BCUT2D eigenvalue weighted by Crippen LogP contribution is -2.23.